The van der Waals surface area contributed by atoms with Crippen molar-refractivity contribution in [1.82, 2.24) is 10.9 Å². The first kappa shape index (κ1) is 21.1. The van der Waals surface area contributed by atoms with Gasteiger partial charge in [0.05, 0.1) is 4.47 Å². The average molecular weight is 455 g/mol. The smallest absolute Gasteiger partial charge is 0.337 e. The van der Waals surface area contributed by atoms with Crippen molar-refractivity contribution in [1.29, 1.82) is 0 Å². The van der Waals surface area contributed by atoms with Crippen molar-refractivity contribution in [3.63, 3.8) is 0 Å². The van der Waals surface area contributed by atoms with E-state index in [9.17, 15) is 9.59 Å². The van der Waals surface area contributed by atoms with Crippen molar-refractivity contribution in [2.24, 2.45) is 0 Å². The van der Waals surface area contributed by atoms with E-state index in [4.69, 9.17) is 16.3 Å². The second-order valence-electron chi connectivity index (χ2n) is 6.82. The number of hydrogen-bond acceptors (Lipinski definition) is 3. The second kappa shape index (κ2) is 9.10. The Balaban J connectivity index is 1.80. The van der Waals surface area contributed by atoms with E-state index in [1.54, 1.807) is 30.3 Å². The Bertz CT molecular complexity index is 837. The molecule has 0 atom stereocenters. The van der Waals surface area contributed by atoms with Gasteiger partial charge in [0.15, 0.2) is 6.61 Å². The summed E-state index contributed by atoms with van der Waals surface area (Å²) in [6.45, 7) is 6.10. The molecule has 0 aliphatic rings. The van der Waals surface area contributed by atoms with E-state index in [1.165, 1.54) is 0 Å². The Morgan fingerprint density at radius 2 is 1.85 bits per heavy atom. The fourth-order valence-electron chi connectivity index (χ4n) is 2.12. The molecule has 0 aliphatic carbocycles. The maximum Gasteiger partial charge on any atom is 0.337 e. The van der Waals surface area contributed by atoms with Crippen LogP contribution >= 0.6 is 27.5 Å². The Morgan fingerprint density at radius 3 is 2.48 bits per heavy atom. The van der Waals surface area contributed by atoms with Crippen LogP contribution in [-0.4, -0.2) is 18.5 Å². The molecule has 2 aromatic rings. The molecular formula is C19H21BrClN3O3. The van der Waals surface area contributed by atoms with Gasteiger partial charge in [-0.3, -0.25) is 10.2 Å². The summed E-state index contributed by atoms with van der Waals surface area (Å²) in [5.41, 5.74) is 6.18. The van der Waals surface area contributed by atoms with Crippen LogP contribution < -0.4 is 20.9 Å². The van der Waals surface area contributed by atoms with Gasteiger partial charge in [-0.05, 0) is 57.2 Å². The van der Waals surface area contributed by atoms with Crippen molar-refractivity contribution in [2.75, 3.05) is 11.9 Å². The molecule has 6 nitrogen and oxygen atoms in total. The van der Waals surface area contributed by atoms with E-state index >= 15 is 0 Å². The van der Waals surface area contributed by atoms with Crippen LogP contribution in [0.25, 0.3) is 0 Å². The molecule has 3 amide bonds. The van der Waals surface area contributed by atoms with Crippen molar-refractivity contribution < 1.29 is 14.3 Å². The first-order chi connectivity index (χ1) is 12.6. The predicted molar refractivity (Wildman–Crippen MR) is 110 cm³/mol. The summed E-state index contributed by atoms with van der Waals surface area (Å²) in [4.78, 5) is 23.6. The number of anilines is 1. The molecule has 2 aromatic carbocycles. The lowest BCUT2D eigenvalue weighted by molar-refractivity contribution is -0.123. The van der Waals surface area contributed by atoms with Crippen molar-refractivity contribution in [3.05, 3.63) is 57.5 Å². The van der Waals surface area contributed by atoms with Crippen LogP contribution in [0.4, 0.5) is 10.5 Å². The first-order valence-corrected chi connectivity index (χ1v) is 9.36. The quantitative estimate of drug-likeness (QED) is 0.589. The number of amides is 3. The molecule has 0 spiro atoms. The third-order valence-corrected chi connectivity index (χ3v) is 4.41. The molecule has 0 aliphatic heterocycles. The zero-order valence-corrected chi connectivity index (χ0v) is 17.6. The van der Waals surface area contributed by atoms with Crippen LogP contribution in [-0.2, 0) is 10.2 Å². The van der Waals surface area contributed by atoms with Gasteiger partial charge in [-0.1, -0.05) is 44.5 Å². The lowest BCUT2D eigenvalue weighted by atomic mass is 9.87. The highest BCUT2D eigenvalue weighted by molar-refractivity contribution is 9.10. The number of hydrogen-bond donors (Lipinski definition) is 3. The van der Waals surface area contributed by atoms with Gasteiger partial charge in [0.25, 0.3) is 5.91 Å². The van der Waals surface area contributed by atoms with Gasteiger partial charge < -0.3 is 10.1 Å². The fourth-order valence-corrected chi connectivity index (χ4v) is 2.80. The molecule has 0 heterocycles. The minimum atomic E-state index is -0.596. The molecule has 0 saturated carbocycles. The van der Waals surface area contributed by atoms with Crippen molar-refractivity contribution >= 4 is 45.2 Å². The number of urea groups is 1. The lowest BCUT2D eigenvalue weighted by Crippen LogP contribution is -2.45. The largest absolute Gasteiger partial charge is 0.483 e. The zero-order chi connectivity index (χ0) is 20.0. The van der Waals surface area contributed by atoms with Crippen molar-refractivity contribution in [3.8, 4) is 5.75 Å². The minimum Gasteiger partial charge on any atom is -0.483 e. The number of benzene rings is 2. The molecule has 144 valence electrons. The average Bonchev–Trinajstić information content (AvgIpc) is 2.58. The maximum atomic E-state index is 11.8. The molecule has 0 radical (unpaired) electrons. The fraction of sp³-hybridized carbons (Fsp3) is 0.263. The molecule has 0 saturated heterocycles. The van der Waals surface area contributed by atoms with Crippen LogP contribution in [0.3, 0.4) is 0 Å². The molecule has 0 fully saturated rings. The highest BCUT2D eigenvalue weighted by Gasteiger charge is 2.15. The minimum absolute atomic E-state index is 0.0126. The molecule has 0 unspecified atom stereocenters. The van der Waals surface area contributed by atoms with E-state index in [0.717, 1.165) is 10.0 Å². The van der Waals surface area contributed by atoms with E-state index in [0.29, 0.717) is 16.5 Å². The highest BCUT2D eigenvalue weighted by atomic mass is 79.9. The molecular weight excluding hydrogens is 434 g/mol. The standard InChI is InChI=1S/C19H21BrClN3O3/c1-19(2,3)12-7-8-16(15(20)9-12)27-11-17(25)23-24-18(26)22-14-6-4-5-13(21)10-14/h4-10H,11H2,1-3H3,(H,23,25)(H2,22,24,26). The number of rotatable bonds is 4. The summed E-state index contributed by atoms with van der Waals surface area (Å²) >= 11 is 9.29. The summed E-state index contributed by atoms with van der Waals surface area (Å²) in [5, 5.41) is 3.04. The van der Waals surface area contributed by atoms with Gasteiger partial charge >= 0.3 is 6.03 Å². The van der Waals surface area contributed by atoms with E-state index in [-0.39, 0.29) is 12.0 Å². The Labute approximate surface area is 171 Å². The summed E-state index contributed by atoms with van der Waals surface area (Å²) < 4.78 is 6.24. The summed E-state index contributed by atoms with van der Waals surface area (Å²) in [7, 11) is 0. The van der Waals surface area contributed by atoms with Crippen LogP contribution in [0.15, 0.2) is 46.9 Å². The number of carbonyl (C=O) groups excluding carboxylic acids is 2. The zero-order valence-electron chi connectivity index (χ0n) is 15.2. The predicted octanol–water partition coefficient (Wildman–Crippen LogP) is 4.63. The first-order valence-electron chi connectivity index (χ1n) is 8.19. The van der Waals surface area contributed by atoms with Gasteiger partial charge in [0.2, 0.25) is 0 Å². The number of ether oxygens (including phenoxy) is 1. The molecule has 27 heavy (non-hydrogen) atoms. The van der Waals surface area contributed by atoms with Crippen LogP contribution in [0.2, 0.25) is 5.02 Å². The van der Waals surface area contributed by atoms with Crippen molar-refractivity contribution in [2.45, 2.75) is 26.2 Å². The third-order valence-electron chi connectivity index (χ3n) is 3.55. The van der Waals surface area contributed by atoms with E-state index < -0.39 is 11.9 Å². The third kappa shape index (κ3) is 6.77. The normalized spacial score (nSPS) is 10.9. The number of carbonyl (C=O) groups is 2. The number of halogens is 2. The summed E-state index contributed by atoms with van der Waals surface area (Å²) in [6.07, 6.45) is 0. The SMILES string of the molecule is CC(C)(C)c1ccc(OCC(=O)NNC(=O)Nc2cccc(Cl)c2)c(Br)c1. The monoisotopic (exact) mass is 453 g/mol. The molecule has 0 bridgehead atoms. The topological polar surface area (TPSA) is 79.5 Å². The summed E-state index contributed by atoms with van der Waals surface area (Å²) in [5.74, 6) is 0.0459. The van der Waals surface area contributed by atoms with Crippen LogP contribution in [0, 0.1) is 0 Å². The van der Waals surface area contributed by atoms with Crippen LogP contribution in [0.5, 0.6) is 5.75 Å². The van der Waals surface area contributed by atoms with Gasteiger partial charge in [0.1, 0.15) is 5.75 Å². The Morgan fingerprint density at radius 1 is 1.11 bits per heavy atom. The molecule has 3 N–H and O–H groups in total. The van der Waals surface area contributed by atoms with Crippen LogP contribution in [0.1, 0.15) is 26.3 Å². The Kier molecular flexibility index (Phi) is 7.10. The van der Waals surface area contributed by atoms with E-state index in [2.05, 4.69) is 52.9 Å². The number of hydrazine groups is 1. The van der Waals surface area contributed by atoms with Gasteiger partial charge in [-0.25, -0.2) is 10.2 Å². The van der Waals surface area contributed by atoms with Gasteiger partial charge in [-0.2, -0.15) is 0 Å². The lowest BCUT2D eigenvalue weighted by Gasteiger charge is -2.20. The molecule has 2 rings (SSSR count). The highest BCUT2D eigenvalue weighted by Crippen LogP contribution is 2.31. The van der Waals surface area contributed by atoms with Gasteiger partial charge in [-0.15, -0.1) is 0 Å². The number of nitrogens with one attached hydrogen (secondary N) is 3. The second-order valence-corrected chi connectivity index (χ2v) is 8.11. The van der Waals surface area contributed by atoms with Gasteiger partial charge in [0, 0.05) is 10.7 Å². The Hall–Kier alpha value is -2.25. The maximum absolute atomic E-state index is 11.8. The molecule has 8 heteroatoms. The molecule has 0 aromatic heterocycles. The van der Waals surface area contributed by atoms with E-state index in [1.807, 2.05) is 12.1 Å². The summed E-state index contributed by atoms with van der Waals surface area (Å²) in [6, 6.07) is 11.8.